The predicted molar refractivity (Wildman–Crippen MR) is 129 cm³/mol. The molecule has 0 spiro atoms. The van der Waals surface area contributed by atoms with Crippen LogP contribution in [0.3, 0.4) is 0 Å². The summed E-state index contributed by atoms with van der Waals surface area (Å²) < 4.78 is 5.49. The van der Waals surface area contributed by atoms with Crippen molar-refractivity contribution in [1.82, 2.24) is 4.90 Å². The highest BCUT2D eigenvalue weighted by atomic mass is 32.2. The molecule has 1 aromatic heterocycles. The zero-order valence-electron chi connectivity index (χ0n) is 18.1. The first-order valence-electron chi connectivity index (χ1n) is 10.7. The standard InChI is InChI=1S/C25H27N3O3S/c1-19-7-9-22(10-8-19)28(17-23-6-3-13-31-23)18-24(29)26-21-5-2-4-20(16-21)25(30)27-11-14-32-15-12-27/h2-10,13,16H,11-12,14-15,17-18H2,1H3,(H,26,29). The number of nitrogens with one attached hydrogen (secondary N) is 1. The molecule has 0 unspecified atom stereocenters. The molecule has 1 fully saturated rings. The van der Waals surface area contributed by atoms with Crippen molar-refractivity contribution in [2.24, 2.45) is 0 Å². The van der Waals surface area contributed by atoms with Gasteiger partial charge in [-0.3, -0.25) is 9.59 Å². The summed E-state index contributed by atoms with van der Waals surface area (Å²) in [6.45, 7) is 4.20. The first-order chi connectivity index (χ1) is 15.6. The highest BCUT2D eigenvalue weighted by Crippen LogP contribution is 2.20. The van der Waals surface area contributed by atoms with Crippen molar-refractivity contribution < 1.29 is 14.0 Å². The Labute approximate surface area is 192 Å². The maximum atomic E-state index is 12.9. The van der Waals surface area contributed by atoms with Crippen LogP contribution in [0.4, 0.5) is 11.4 Å². The lowest BCUT2D eigenvalue weighted by atomic mass is 10.1. The number of rotatable bonds is 7. The first kappa shape index (κ1) is 22.0. The smallest absolute Gasteiger partial charge is 0.253 e. The predicted octanol–water partition coefficient (Wildman–Crippen LogP) is 4.42. The minimum absolute atomic E-state index is 0.0144. The van der Waals surface area contributed by atoms with Crippen molar-refractivity contribution in [2.45, 2.75) is 13.5 Å². The Morgan fingerprint density at radius 3 is 2.56 bits per heavy atom. The lowest BCUT2D eigenvalue weighted by Gasteiger charge is -2.26. The largest absolute Gasteiger partial charge is 0.467 e. The first-order valence-corrected chi connectivity index (χ1v) is 11.8. The molecular formula is C25H27N3O3S. The van der Waals surface area contributed by atoms with Crippen LogP contribution in [0.2, 0.25) is 0 Å². The molecule has 0 saturated carbocycles. The second-order valence-electron chi connectivity index (χ2n) is 7.80. The maximum absolute atomic E-state index is 12.9. The van der Waals surface area contributed by atoms with Crippen molar-refractivity contribution in [1.29, 1.82) is 0 Å². The topological polar surface area (TPSA) is 65.8 Å². The lowest BCUT2D eigenvalue weighted by molar-refractivity contribution is -0.115. The number of amides is 2. The number of carbonyl (C=O) groups excluding carboxylic acids is 2. The number of benzene rings is 2. The van der Waals surface area contributed by atoms with E-state index in [0.717, 1.165) is 41.6 Å². The quantitative estimate of drug-likeness (QED) is 0.578. The number of aryl methyl sites for hydroxylation is 1. The van der Waals surface area contributed by atoms with Crippen molar-refractivity contribution in [3.63, 3.8) is 0 Å². The number of hydrogen-bond acceptors (Lipinski definition) is 5. The van der Waals surface area contributed by atoms with Crippen LogP contribution in [0, 0.1) is 6.92 Å². The van der Waals surface area contributed by atoms with Gasteiger partial charge in [0.2, 0.25) is 5.91 Å². The average molecular weight is 450 g/mol. The summed E-state index contributed by atoms with van der Waals surface area (Å²) in [5, 5.41) is 2.95. The average Bonchev–Trinajstić information content (AvgIpc) is 3.32. The normalized spacial score (nSPS) is 13.6. The van der Waals surface area contributed by atoms with Crippen molar-refractivity contribution in [3.8, 4) is 0 Å². The minimum Gasteiger partial charge on any atom is -0.467 e. The van der Waals surface area contributed by atoms with Crippen LogP contribution < -0.4 is 10.2 Å². The Kier molecular flexibility index (Phi) is 7.17. The van der Waals surface area contributed by atoms with Gasteiger partial charge in [-0.1, -0.05) is 23.8 Å². The monoisotopic (exact) mass is 449 g/mol. The van der Waals surface area contributed by atoms with Gasteiger partial charge in [0.25, 0.3) is 5.91 Å². The molecule has 1 saturated heterocycles. The van der Waals surface area contributed by atoms with Gasteiger partial charge in [0, 0.05) is 41.5 Å². The fourth-order valence-corrected chi connectivity index (χ4v) is 4.54. The Balaban J connectivity index is 1.44. The summed E-state index contributed by atoms with van der Waals surface area (Å²) >= 11 is 1.87. The molecule has 32 heavy (non-hydrogen) atoms. The van der Waals surface area contributed by atoms with Gasteiger partial charge in [0.05, 0.1) is 19.4 Å². The van der Waals surface area contributed by atoms with Gasteiger partial charge in [-0.2, -0.15) is 11.8 Å². The third-order valence-electron chi connectivity index (χ3n) is 5.35. The molecule has 7 heteroatoms. The number of carbonyl (C=O) groups is 2. The number of furan rings is 1. The van der Waals surface area contributed by atoms with E-state index in [1.165, 1.54) is 0 Å². The minimum atomic E-state index is -0.156. The van der Waals surface area contributed by atoms with Gasteiger partial charge in [0.15, 0.2) is 0 Å². The maximum Gasteiger partial charge on any atom is 0.253 e. The number of anilines is 2. The summed E-state index contributed by atoms with van der Waals surface area (Å²) in [4.78, 5) is 29.5. The van der Waals surface area contributed by atoms with E-state index >= 15 is 0 Å². The van der Waals surface area contributed by atoms with E-state index in [9.17, 15) is 9.59 Å². The Morgan fingerprint density at radius 2 is 1.84 bits per heavy atom. The zero-order valence-corrected chi connectivity index (χ0v) is 18.9. The molecule has 2 aromatic carbocycles. The van der Waals surface area contributed by atoms with E-state index in [-0.39, 0.29) is 18.4 Å². The van der Waals surface area contributed by atoms with Crippen LogP contribution in [0.5, 0.6) is 0 Å². The van der Waals surface area contributed by atoms with E-state index in [4.69, 9.17) is 4.42 Å². The lowest BCUT2D eigenvalue weighted by Crippen LogP contribution is -2.38. The summed E-state index contributed by atoms with van der Waals surface area (Å²) in [6, 6.07) is 19.0. The second-order valence-corrected chi connectivity index (χ2v) is 9.03. The van der Waals surface area contributed by atoms with E-state index in [1.54, 1.807) is 18.4 Å². The van der Waals surface area contributed by atoms with Crippen molar-refractivity contribution >= 4 is 35.0 Å². The summed E-state index contributed by atoms with van der Waals surface area (Å²) in [5.41, 5.74) is 3.31. The molecule has 2 amide bonds. The fourth-order valence-electron chi connectivity index (χ4n) is 3.64. The number of hydrogen-bond donors (Lipinski definition) is 1. The van der Waals surface area contributed by atoms with Crippen LogP contribution in [0.25, 0.3) is 0 Å². The molecule has 1 N–H and O–H groups in total. The van der Waals surface area contributed by atoms with Crippen molar-refractivity contribution in [2.75, 3.05) is 41.4 Å². The second kappa shape index (κ2) is 10.4. The Morgan fingerprint density at radius 1 is 1.06 bits per heavy atom. The molecule has 1 aliphatic heterocycles. The van der Waals surface area contributed by atoms with Crippen LogP contribution in [0.1, 0.15) is 21.7 Å². The Bertz CT molecular complexity index is 1040. The molecular weight excluding hydrogens is 422 g/mol. The number of thioether (sulfide) groups is 1. The summed E-state index contributed by atoms with van der Waals surface area (Å²) in [6.07, 6.45) is 1.63. The van der Waals surface area contributed by atoms with Crippen molar-refractivity contribution in [3.05, 3.63) is 83.8 Å². The van der Waals surface area contributed by atoms with Gasteiger partial charge in [0.1, 0.15) is 5.76 Å². The Hall–Kier alpha value is -3.19. The third-order valence-corrected chi connectivity index (χ3v) is 6.29. The SMILES string of the molecule is Cc1ccc(N(CC(=O)Nc2cccc(C(=O)N3CCSCC3)c2)Cc2ccco2)cc1. The van der Waals surface area contributed by atoms with Gasteiger partial charge < -0.3 is 19.5 Å². The van der Waals surface area contributed by atoms with Gasteiger partial charge in [-0.05, 0) is 49.4 Å². The van der Waals surface area contributed by atoms with Crippen LogP contribution >= 0.6 is 11.8 Å². The zero-order chi connectivity index (χ0) is 22.3. The third kappa shape index (κ3) is 5.73. The van der Waals surface area contributed by atoms with Gasteiger partial charge >= 0.3 is 0 Å². The van der Waals surface area contributed by atoms with Gasteiger partial charge in [-0.15, -0.1) is 0 Å². The highest BCUT2D eigenvalue weighted by Gasteiger charge is 2.19. The van der Waals surface area contributed by atoms with Crippen LogP contribution in [-0.4, -0.2) is 47.9 Å². The fraction of sp³-hybridized carbons (Fsp3) is 0.280. The van der Waals surface area contributed by atoms with E-state index < -0.39 is 0 Å². The highest BCUT2D eigenvalue weighted by molar-refractivity contribution is 7.99. The molecule has 2 heterocycles. The van der Waals surface area contributed by atoms with E-state index in [0.29, 0.717) is 17.8 Å². The van der Waals surface area contributed by atoms with Gasteiger partial charge in [-0.25, -0.2) is 0 Å². The van der Waals surface area contributed by atoms with Crippen LogP contribution in [0.15, 0.2) is 71.3 Å². The molecule has 0 aliphatic carbocycles. The molecule has 3 aromatic rings. The van der Waals surface area contributed by atoms with E-state index in [1.807, 2.05) is 77.0 Å². The molecule has 6 nitrogen and oxygen atoms in total. The summed E-state index contributed by atoms with van der Waals surface area (Å²) in [7, 11) is 0. The van der Waals surface area contributed by atoms with Crippen LogP contribution in [-0.2, 0) is 11.3 Å². The molecule has 0 atom stereocenters. The molecule has 166 valence electrons. The summed E-state index contributed by atoms with van der Waals surface area (Å²) in [5.74, 6) is 2.57. The molecule has 1 aliphatic rings. The molecule has 0 bridgehead atoms. The van der Waals surface area contributed by atoms with E-state index in [2.05, 4.69) is 5.32 Å². The molecule has 0 radical (unpaired) electrons. The molecule has 4 rings (SSSR count). The number of nitrogens with zero attached hydrogens (tertiary/aromatic N) is 2.